The van der Waals surface area contributed by atoms with E-state index in [4.69, 9.17) is 16.3 Å². The number of benzene rings is 1. The minimum atomic E-state index is -3.26. The second kappa shape index (κ2) is 6.17. The van der Waals surface area contributed by atoms with Crippen LogP contribution in [0.3, 0.4) is 0 Å². The van der Waals surface area contributed by atoms with Gasteiger partial charge in [-0.2, -0.15) is 0 Å². The third-order valence-electron chi connectivity index (χ3n) is 3.21. The minimum absolute atomic E-state index is 0.129. The van der Waals surface area contributed by atoms with Crippen LogP contribution >= 0.6 is 11.6 Å². The minimum Gasteiger partial charge on any atom is -0.375 e. The fraction of sp³-hybridized carbons (Fsp3) is 0.357. The maximum Gasteiger partial charge on any atom is 0.253 e. The average molecular weight is 330 g/mol. The summed E-state index contributed by atoms with van der Waals surface area (Å²) in [4.78, 5) is 13.7. The van der Waals surface area contributed by atoms with Crippen LogP contribution in [0.1, 0.15) is 5.56 Å². The lowest BCUT2D eigenvalue weighted by atomic mass is 10.1. The number of rotatable bonds is 4. The molecule has 114 valence electrons. The molecule has 1 aromatic carbocycles. The number of methoxy groups -OCH3 is 1. The zero-order valence-corrected chi connectivity index (χ0v) is 13.3. The molecule has 1 atom stereocenters. The van der Waals surface area contributed by atoms with Crippen LogP contribution in [0.5, 0.6) is 0 Å². The molecule has 0 fully saturated rings. The Morgan fingerprint density at radius 3 is 2.71 bits per heavy atom. The summed E-state index contributed by atoms with van der Waals surface area (Å²) in [7, 11) is -1.85. The van der Waals surface area contributed by atoms with Crippen molar-refractivity contribution in [3.63, 3.8) is 0 Å². The number of anilines is 1. The predicted molar refractivity (Wildman–Crippen MR) is 82.3 cm³/mol. The summed E-state index contributed by atoms with van der Waals surface area (Å²) < 4.78 is 28.1. The molecule has 0 N–H and O–H groups in total. The fourth-order valence-corrected chi connectivity index (χ4v) is 3.61. The Labute approximate surface area is 129 Å². The van der Waals surface area contributed by atoms with Crippen molar-refractivity contribution in [2.45, 2.75) is 13.0 Å². The first-order valence-corrected chi connectivity index (χ1v) is 8.41. The van der Waals surface area contributed by atoms with Gasteiger partial charge in [-0.3, -0.25) is 4.79 Å². The van der Waals surface area contributed by atoms with Gasteiger partial charge in [-0.1, -0.05) is 17.7 Å². The van der Waals surface area contributed by atoms with Crippen molar-refractivity contribution in [1.29, 1.82) is 0 Å². The Morgan fingerprint density at radius 2 is 2.19 bits per heavy atom. The SMILES string of the molecule is COCC(=O)N(c1ccc(C)c(Cl)c1)C1C=CS(=O)(=O)C1. The van der Waals surface area contributed by atoms with Crippen molar-refractivity contribution in [2.24, 2.45) is 0 Å². The van der Waals surface area contributed by atoms with E-state index in [9.17, 15) is 13.2 Å². The fourth-order valence-electron chi connectivity index (χ4n) is 2.17. The van der Waals surface area contributed by atoms with E-state index >= 15 is 0 Å². The van der Waals surface area contributed by atoms with Crippen LogP contribution in [0.2, 0.25) is 5.02 Å². The van der Waals surface area contributed by atoms with Crippen LogP contribution < -0.4 is 4.90 Å². The molecule has 0 saturated carbocycles. The van der Waals surface area contributed by atoms with Crippen LogP contribution in [-0.2, 0) is 19.4 Å². The summed E-state index contributed by atoms with van der Waals surface area (Å²) in [5, 5.41) is 1.66. The first kappa shape index (κ1) is 16.0. The van der Waals surface area contributed by atoms with Crippen molar-refractivity contribution >= 4 is 33.0 Å². The third kappa shape index (κ3) is 3.64. The molecule has 2 rings (SSSR count). The van der Waals surface area contributed by atoms with Gasteiger partial charge in [-0.15, -0.1) is 0 Å². The molecular weight excluding hydrogens is 314 g/mol. The second-order valence-electron chi connectivity index (χ2n) is 4.86. The Balaban J connectivity index is 2.39. The quantitative estimate of drug-likeness (QED) is 0.847. The lowest BCUT2D eigenvalue weighted by Crippen LogP contribution is -2.43. The van der Waals surface area contributed by atoms with E-state index in [1.165, 1.54) is 18.1 Å². The van der Waals surface area contributed by atoms with Gasteiger partial charge in [0.15, 0.2) is 9.84 Å². The molecule has 0 spiro atoms. The van der Waals surface area contributed by atoms with E-state index in [0.29, 0.717) is 10.7 Å². The normalized spacial score (nSPS) is 19.7. The van der Waals surface area contributed by atoms with Crippen LogP contribution in [-0.4, -0.2) is 39.8 Å². The molecule has 0 aromatic heterocycles. The van der Waals surface area contributed by atoms with Gasteiger partial charge in [-0.25, -0.2) is 8.42 Å². The Hall–Kier alpha value is -1.37. The number of ether oxygens (including phenoxy) is 1. The smallest absolute Gasteiger partial charge is 0.253 e. The molecule has 1 unspecified atom stereocenters. The molecule has 0 radical (unpaired) electrons. The van der Waals surface area contributed by atoms with Gasteiger partial charge in [0, 0.05) is 23.2 Å². The molecule has 1 aliphatic rings. The number of sulfone groups is 1. The van der Waals surface area contributed by atoms with E-state index in [1.54, 1.807) is 18.2 Å². The molecule has 7 heteroatoms. The zero-order valence-electron chi connectivity index (χ0n) is 11.7. The molecule has 1 amide bonds. The highest BCUT2D eigenvalue weighted by Crippen LogP contribution is 2.27. The van der Waals surface area contributed by atoms with E-state index in [2.05, 4.69) is 0 Å². The molecular formula is C14H16ClNO4S. The number of nitrogens with zero attached hydrogens (tertiary/aromatic N) is 1. The molecule has 0 aliphatic carbocycles. The van der Waals surface area contributed by atoms with Gasteiger partial charge < -0.3 is 9.64 Å². The predicted octanol–water partition coefficient (Wildman–Crippen LogP) is 1.94. The van der Waals surface area contributed by atoms with Crippen molar-refractivity contribution in [3.05, 3.63) is 40.3 Å². The van der Waals surface area contributed by atoms with Gasteiger partial charge in [0.2, 0.25) is 0 Å². The molecule has 5 nitrogen and oxygen atoms in total. The van der Waals surface area contributed by atoms with Crippen molar-refractivity contribution in [2.75, 3.05) is 24.4 Å². The summed E-state index contributed by atoms with van der Waals surface area (Å²) in [6, 6.07) is 4.64. The van der Waals surface area contributed by atoms with E-state index in [1.807, 2.05) is 6.92 Å². The monoisotopic (exact) mass is 329 g/mol. The van der Waals surface area contributed by atoms with Gasteiger partial charge in [-0.05, 0) is 30.7 Å². The van der Waals surface area contributed by atoms with Crippen LogP contribution in [0.4, 0.5) is 5.69 Å². The number of carbonyl (C=O) groups is 1. The maximum absolute atomic E-state index is 12.3. The van der Waals surface area contributed by atoms with Crippen LogP contribution in [0, 0.1) is 6.92 Å². The van der Waals surface area contributed by atoms with E-state index < -0.39 is 15.9 Å². The van der Waals surface area contributed by atoms with Crippen LogP contribution in [0.15, 0.2) is 29.7 Å². The second-order valence-corrected chi connectivity index (χ2v) is 7.19. The highest BCUT2D eigenvalue weighted by Gasteiger charge is 2.31. The molecule has 0 saturated heterocycles. The van der Waals surface area contributed by atoms with E-state index in [0.717, 1.165) is 11.0 Å². The van der Waals surface area contributed by atoms with Gasteiger partial charge >= 0.3 is 0 Å². The molecule has 1 aromatic rings. The molecule has 21 heavy (non-hydrogen) atoms. The van der Waals surface area contributed by atoms with Gasteiger partial charge in [0.05, 0.1) is 11.8 Å². The summed E-state index contributed by atoms with van der Waals surface area (Å²) in [6.45, 7) is 1.73. The van der Waals surface area contributed by atoms with Gasteiger partial charge in [0.1, 0.15) is 6.61 Å². The Bertz CT molecular complexity index is 684. The number of halogens is 1. The van der Waals surface area contributed by atoms with Crippen molar-refractivity contribution in [3.8, 4) is 0 Å². The largest absolute Gasteiger partial charge is 0.375 e. The summed E-state index contributed by atoms with van der Waals surface area (Å²) >= 11 is 6.10. The standard InChI is InChI=1S/C14H16ClNO4S/c1-10-3-4-11(7-13(10)15)16(14(17)8-20-2)12-5-6-21(18,19)9-12/h3-7,12H,8-9H2,1-2H3. The maximum atomic E-state index is 12.3. The molecule has 1 aliphatic heterocycles. The molecule has 0 bridgehead atoms. The first-order chi connectivity index (χ1) is 9.84. The third-order valence-corrected chi connectivity index (χ3v) is 5.00. The lowest BCUT2D eigenvalue weighted by molar-refractivity contribution is -0.122. The first-order valence-electron chi connectivity index (χ1n) is 6.32. The number of hydrogen-bond acceptors (Lipinski definition) is 4. The Kier molecular flexibility index (Phi) is 4.70. The highest BCUT2D eigenvalue weighted by atomic mass is 35.5. The van der Waals surface area contributed by atoms with Crippen LogP contribution in [0.25, 0.3) is 0 Å². The zero-order chi connectivity index (χ0) is 15.6. The number of amides is 1. The summed E-state index contributed by atoms with van der Waals surface area (Å²) in [6.07, 6.45) is 1.51. The number of hydrogen-bond donors (Lipinski definition) is 0. The summed E-state index contributed by atoms with van der Waals surface area (Å²) in [5.74, 6) is -0.447. The average Bonchev–Trinajstić information content (AvgIpc) is 2.74. The summed E-state index contributed by atoms with van der Waals surface area (Å²) in [5.41, 5.74) is 1.44. The number of aryl methyl sites for hydroxylation is 1. The van der Waals surface area contributed by atoms with Crippen molar-refractivity contribution < 1.29 is 17.9 Å². The molecule has 1 heterocycles. The lowest BCUT2D eigenvalue weighted by Gasteiger charge is -2.27. The van der Waals surface area contributed by atoms with Gasteiger partial charge in [0.25, 0.3) is 5.91 Å². The highest BCUT2D eigenvalue weighted by molar-refractivity contribution is 7.94. The van der Waals surface area contributed by atoms with Crippen molar-refractivity contribution in [1.82, 2.24) is 0 Å². The topological polar surface area (TPSA) is 63.7 Å². The Morgan fingerprint density at radius 1 is 1.48 bits per heavy atom. The number of carbonyl (C=O) groups excluding carboxylic acids is 1. The van der Waals surface area contributed by atoms with E-state index in [-0.39, 0.29) is 18.3 Å².